The summed E-state index contributed by atoms with van der Waals surface area (Å²) >= 11 is 0. The molecule has 3 aromatic carbocycles. The highest BCUT2D eigenvalue weighted by molar-refractivity contribution is 7.89. The lowest BCUT2D eigenvalue weighted by Crippen LogP contribution is -2.63. The van der Waals surface area contributed by atoms with Crippen LogP contribution in [-0.4, -0.2) is 55.1 Å². The number of ether oxygens (including phenoxy) is 2. The summed E-state index contributed by atoms with van der Waals surface area (Å²) in [6, 6.07) is 18.0. The van der Waals surface area contributed by atoms with E-state index in [0.717, 1.165) is 14.9 Å². The van der Waals surface area contributed by atoms with Crippen molar-refractivity contribution in [1.29, 1.82) is 0 Å². The van der Waals surface area contributed by atoms with Crippen LogP contribution < -0.4 is 14.5 Å². The van der Waals surface area contributed by atoms with Crippen molar-refractivity contribution in [3.63, 3.8) is 0 Å². The number of benzene rings is 3. The molecule has 1 fully saturated rings. The van der Waals surface area contributed by atoms with Crippen molar-refractivity contribution in [3.05, 3.63) is 78.4 Å². The third-order valence-electron chi connectivity index (χ3n) is 7.02. The Labute approximate surface area is 226 Å². The van der Waals surface area contributed by atoms with E-state index in [1.807, 2.05) is 19.1 Å². The number of para-hydroxylation sites is 1. The zero-order chi connectivity index (χ0) is 27.9. The fraction of sp³-hybridized carbons (Fsp3) is 0.250. The molecule has 0 aromatic heterocycles. The van der Waals surface area contributed by atoms with Crippen molar-refractivity contribution >= 4 is 33.3 Å². The van der Waals surface area contributed by atoms with E-state index in [0.29, 0.717) is 28.6 Å². The number of carboxylic acid groups (broad SMARTS) is 1. The Kier molecular flexibility index (Phi) is 6.65. The van der Waals surface area contributed by atoms with Crippen LogP contribution in [0.2, 0.25) is 0 Å². The molecule has 202 valence electrons. The van der Waals surface area contributed by atoms with Gasteiger partial charge in [-0.25, -0.2) is 8.42 Å². The average Bonchev–Trinajstić information content (AvgIpc) is 3.18. The molecule has 0 saturated carbocycles. The molecular weight excluding hydrogens is 522 g/mol. The van der Waals surface area contributed by atoms with Gasteiger partial charge < -0.3 is 14.6 Å². The van der Waals surface area contributed by atoms with Crippen LogP contribution in [0.3, 0.4) is 0 Å². The van der Waals surface area contributed by atoms with Gasteiger partial charge in [0.2, 0.25) is 10.0 Å². The molecule has 39 heavy (non-hydrogen) atoms. The Morgan fingerprint density at radius 1 is 1.03 bits per heavy atom. The second-order valence-corrected chi connectivity index (χ2v) is 11.5. The predicted octanol–water partition coefficient (Wildman–Crippen LogP) is 4.05. The molecule has 0 aliphatic carbocycles. The van der Waals surface area contributed by atoms with Crippen molar-refractivity contribution in [2.75, 3.05) is 18.7 Å². The molecule has 11 heteroatoms. The Morgan fingerprint density at radius 3 is 2.33 bits per heavy atom. The normalized spacial score (nSPS) is 21.3. The molecule has 0 bridgehead atoms. The molecule has 10 nitrogen and oxygen atoms in total. The zero-order valence-corrected chi connectivity index (χ0v) is 22.4. The van der Waals surface area contributed by atoms with Crippen LogP contribution in [0.25, 0.3) is 0 Å². The van der Waals surface area contributed by atoms with E-state index in [1.54, 1.807) is 43.5 Å². The number of fused-ring (bicyclic) bond motifs is 1. The number of amides is 1. The maximum absolute atomic E-state index is 13.7. The summed E-state index contributed by atoms with van der Waals surface area (Å²) in [5.74, 6) is -0.483. The van der Waals surface area contributed by atoms with Gasteiger partial charge in [-0.3, -0.25) is 9.59 Å². The highest BCUT2D eigenvalue weighted by atomic mass is 32.2. The first kappa shape index (κ1) is 26.4. The second kappa shape index (κ2) is 9.83. The summed E-state index contributed by atoms with van der Waals surface area (Å²) in [6.45, 7) is 3.21. The number of nitrogens with zero attached hydrogens (tertiary/aromatic N) is 3. The molecule has 2 aliphatic heterocycles. The van der Waals surface area contributed by atoms with Crippen molar-refractivity contribution in [3.8, 4) is 17.2 Å². The molecule has 1 N–H and O–H groups in total. The first-order valence-corrected chi connectivity index (χ1v) is 13.7. The summed E-state index contributed by atoms with van der Waals surface area (Å²) < 4.78 is 39.5. The van der Waals surface area contributed by atoms with Crippen molar-refractivity contribution in [2.45, 2.75) is 31.2 Å². The molecule has 0 unspecified atom stereocenters. The summed E-state index contributed by atoms with van der Waals surface area (Å²) in [5, 5.41) is 15.8. The molecule has 2 atom stereocenters. The van der Waals surface area contributed by atoms with Gasteiger partial charge in [0.25, 0.3) is 5.91 Å². The Hall–Kier alpha value is -4.22. The van der Waals surface area contributed by atoms with E-state index in [2.05, 4.69) is 5.10 Å². The number of hydrogen-bond acceptors (Lipinski definition) is 7. The third-order valence-corrected chi connectivity index (χ3v) is 8.90. The number of hydrogen-bond donors (Lipinski definition) is 1. The number of aryl methyl sites for hydroxylation is 1. The van der Waals surface area contributed by atoms with E-state index in [4.69, 9.17) is 9.47 Å². The molecule has 2 aliphatic rings. The molecule has 1 amide bonds. The summed E-state index contributed by atoms with van der Waals surface area (Å²) in [6.07, 6.45) is 0.116. The van der Waals surface area contributed by atoms with Gasteiger partial charge in [0.15, 0.2) is 0 Å². The highest BCUT2D eigenvalue weighted by Gasteiger charge is 2.62. The number of carbonyl (C=O) groups is 2. The van der Waals surface area contributed by atoms with Gasteiger partial charge in [-0.2, -0.15) is 14.4 Å². The maximum Gasteiger partial charge on any atom is 0.323 e. The third kappa shape index (κ3) is 4.53. The van der Waals surface area contributed by atoms with Crippen LogP contribution in [0.4, 0.5) is 5.69 Å². The SMILES string of the molecule is COc1cc(C)cc(Oc2ccc(S(=O)(=O)N3CCC4=NN(c5ccccc5)C(=O)[C@]4(C)[C@@H]3C(=O)O)cc2)c1. The van der Waals surface area contributed by atoms with Gasteiger partial charge in [0.05, 0.1) is 23.4 Å². The van der Waals surface area contributed by atoms with Gasteiger partial charge in [0, 0.05) is 19.0 Å². The Balaban J connectivity index is 1.44. The van der Waals surface area contributed by atoms with Crippen LogP contribution in [0.15, 0.2) is 82.8 Å². The van der Waals surface area contributed by atoms with Crippen LogP contribution in [0.5, 0.6) is 17.2 Å². The van der Waals surface area contributed by atoms with Crippen LogP contribution in [-0.2, 0) is 19.6 Å². The van der Waals surface area contributed by atoms with Gasteiger partial charge in [-0.05, 0) is 67.9 Å². The van der Waals surface area contributed by atoms with E-state index in [-0.39, 0.29) is 17.9 Å². The molecular formula is C28H27N3O7S. The van der Waals surface area contributed by atoms with Gasteiger partial charge >= 0.3 is 5.97 Å². The van der Waals surface area contributed by atoms with E-state index >= 15 is 0 Å². The second-order valence-electron chi connectivity index (χ2n) is 9.57. The Bertz CT molecular complexity index is 1570. The number of sulfonamides is 1. The lowest BCUT2D eigenvalue weighted by atomic mass is 9.74. The standard InChI is InChI=1S/C28H27N3O7S/c1-18-15-21(37-3)17-22(16-18)38-20-9-11-23(12-10-20)39(35,36)30-14-13-24-28(2,25(30)26(32)33)27(34)31(29-24)19-7-5-4-6-8-19/h4-12,15-17,25H,13-14H2,1-3H3,(H,32,33)/t25-,28-/m0/s1. The van der Waals surface area contributed by atoms with Gasteiger partial charge in [-0.1, -0.05) is 18.2 Å². The van der Waals surface area contributed by atoms with Crippen LogP contribution in [0, 0.1) is 12.3 Å². The average molecular weight is 550 g/mol. The summed E-state index contributed by atoms with van der Waals surface area (Å²) in [7, 11) is -2.74. The first-order chi connectivity index (χ1) is 18.5. The van der Waals surface area contributed by atoms with Crippen molar-refractivity contribution in [1.82, 2.24) is 4.31 Å². The van der Waals surface area contributed by atoms with Crippen LogP contribution in [0.1, 0.15) is 18.9 Å². The topological polar surface area (TPSA) is 126 Å². The minimum Gasteiger partial charge on any atom is -0.497 e. The molecule has 1 saturated heterocycles. The highest BCUT2D eigenvalue weighted by Crippen LogP contribution is 2.43. The molecule has 5 rings (SSSR count). The van der Waals surface area contributed by atoms with E-state index in [9.17, 15) is 23.1 Å². The molecule has 2 heterocycles. The van der Waals surface area contributed by atoms with Gasteiger partial charge in [-0.15, -0.1) is 0 Å². The monoisotopic (exact) mass is 549 g/mol. The van der Waals surface area contributed by atoms with E-state index in [1.165, 1.54) is 31.2 Å². The first-order valence-electron chi connectivity index (χ1n) is 12.2. The number of piperidine rings is 1. The molecule has 0 spiro atoms. The number of aliphatic carboxylic acids is 1. The summed E-state index contributed by atoms with van der Waals surface area (Å²) in [4.78, 5) is 26.0. The minimum atomic E-state index is -4.29. The lowest BCUT2D eigenvalue weighted by molar-refractivity contribution is -0.148. The number of carbonyl (C=O) groups excluding carboxylic acids is 1. The lowest BCUT2D eigenvalue weighted by Gasteiger charge is -2.41. The number of hydrazone groups is 1. The minimum absolute atomic E-state index is 0.114. The fourth-order valence-corrected chi connectivity index (χ4v) is 6.71. The molecule has 0 radical (unpaired) electrons. The fourth-order valence-electron chi connectivity index (χ4n) is 5.05. The number of methoxy groups -OCH3 is 1. The predicted molar refractivity (Wildman–Crippen MR) is 144 cm³/mol. The van der Waals surface area contributed by atoms with Gasteiger partial charge in [0.1, 0.15) is 28.7 Å². The quantitative estimate of drug-likeness (QED) is 0.471. The van der Waals surface area contributed by atoms with Crippen molar-refractivity contribution < 1.29 is 32.6 Å². The van der Waals surface area contributed by atoms with Crippen LogP contribution >= 0.6 is 0 Å². The smallest absolute Gasteiger partial charge is 0.323 e. The largest absolute Gasteiger partial charge is 0.497 e. The van der Waals surface area contributed by atoms with E-state index < -0.39 is 33.4 Å². The number of anilines is 1. The Morgan fingerprint density at radius 2 is 1.69 bits per heavy atom. The molecule has 3 aromatic rings. The number of carboxylic acids is 1. The van der Waals surface area contributed by atoms with Crippen molar-refractivity contribution in [2.24, 2.45) is 10.5 Å². The number of rotatable bonds is 7. The maximum atomic E-state index is 13.7. The zero-order valence-electron chi connectivity index (χ0n) is 21.6. The summed E-state index contributed by atoms with van der Waals surface area (Å²) in [5.41, 5.74) is 0.0795.